The summed E-state index contributed by atoms with van der Waals surface area (Å²) in [6.45, 7) is 13.5. The highest BCUT2D eigenvalue weighted by Gasteiger charge is 2.35. The Morgan fingerprint density at radius 2 is 1.83 bits per heavy atom. The highest BCUT2D eigenvalue weighted by Crippen LogP contribution is 2.38. The molecular weight excluding hydrogens is 330 g/mol. The zero-order chi connectivity index (χ0) is 17.4. The van der Waals surface area contributed by atoms with Crippen LogP contribution in [0.15, 0.2) is 23.1 Å². The quantitative estimate of drug-likeness (QED) is 0.650. The number of ether oxygens (including phenoxy) is 1. The first-order valence-corrected chi connectivity index (χ1v) is 9.10. The van der Waals surface area contributed by atoms with E-state index in [1.54, 1.807) is 16.7 Å². The molecule has 1 aromatic rings. The van der Waals surface area contributed by atoms with Crippen LogP contribution in [0.4, 0.5) is 4.79 Å². The molecule has 5 heteroatoms. The second-order valence-corrected chi connectivity index (χ2v) is 10.3. The van der Waals surface area contributed by atoms with Gasteiger partial charge in [0.2, 0.25) is 0 Å². The van der Waals surface area contributed by atoms with Crippen LogP contribution in [0.5, 0.6) is 0 Å². The molecule has 0 aromatic heterocycles. The number of thioether (sulfide) groups is 1. The van der Waals surface area contributed by atoms with Crippen LogP contribution in [0.1, 0.15) is 53.0 Å². The van der Waals surface area contributed by atoms with Gasteiger partial charge >= 0.3 is 6.09 Å². The zero-order valence-corrected chi connectivity index (χ0v) is 16.3. The molecule has 0 saturated carbocycles. The van der Waals surface area contributed by atoms with Crippen molar-refractivity contribution in [3.8, 4) is 0 Å². The third-order valence-corrected chi connectivity index (χ3v) is 4.80. The van der Waals surface area contributed by atoms with Crippen LogP contribution in [0, 0.1) is 0 Å². The van der Waals surface area contributed by atoms with E-state index in [1.165, 1.54) is 4.90 Å². The summed E-state index contributed by atoms with van der Waals surface area (Å²) in [7, 11) is 0. The van der Waals surface area contributed by atoms with E-state index in [1.807, 2.05) is 26.8 Å². The van der Waals surface area contributed by atoms with E-state index in [0.717, 1.165) is 10.6 Å². The SMILES string of the molecule is CC(C)(C)OC(=O)N1CC(c2ccc(SC(C)(C)C)cc2Cl)C1. The molecule has 1 saturated heterocycles. The average molecular weight is 356 g/mol. The van der Waals surface area contributed by atoms with Crippen molar-refractivity contribution in [3.63, 3.8) is 0 Å². The maximum Gasteiger partial charge on any atom is 0.410 e. The molecule has 1 amide bonds. The van der Waals surface area contributed by atoms with Gasteiger partial charge in [-0.15, -0.1) is 11.8 Å². The molecule has 23 heavy (non-hydrogen) atoms. The topological polar surface area (TPSA) is 29.5 Å². The summed E-state index contributed by atoms with van der Waals surface area (Å²) in [5, 5.41) is 0.785. The van der Waals surface area contributed by atoms with E-state index < -0.39 is 5.60 Å². The number of hydrogen-bond donors (Lipinski definition) is 0. The van der Waals surface area contributed by atoms with Crippen LogP contribution in [0.2, 0.25) is 5.02 Å². The van der Waals surface area contributed by atoms with Crippen molar-refractivity contribution in [1.29, 1.82) is 0 Å². The van der Waals surface area contributed by atoms with Gasteiger partial charge in [0.05, 0.1) is 0 Å². The number of likely N-dealkylation sites (tertiary alicyclic amines) is 1. The number of halogens is 1. The molecule has 0 bridgehead atoms. The van der Waals surface area contributed by atoms with Gasteiger partial charge in [-0.25, -0.2) is 4.79 Å². The molecule has 1 heterocycles. The van der Waals surface area contributed by atoms with Gasteiger partial charge < -0.3 is 9.64 Å². The summed E-state index contributed by atoms with van der Waals surface area (Å²) in [4.78, 5) is 14.9. The molecule has 0 spiro atoms. The summed E-state index contributed by atoms with van der Waals surface area (Å²) >= 11 is 8.26. The maximum absolute atomic E-state index is 12.0. The van der Waals surface area contributed by atoms with Gasteiger partial charge in [0.25, 0.3) is 0 Å². The Balaban J connectivity index is 1.96. The Kier molecular flexibility index (Phi) is 5.27. The first-order chi connectivity index (χ1) is 10.4. The Hall–Kier alpha value is -0.870. The summed E-state index contributed by atoms with van der Waals surface area (Å²) in [6, 6.07) is 6.24. The Morgan fingerprint density at radius 1 is 1.22 bits per heavy atom. The van der Waals surface area contributed by atoms with Gasteiger partial charge in [-0.05, 0) is 38.5 Å². The standard InChI is InChI=1S/C18H26ClNO2S/c1-17(2,3)22-16(21)20-10-12(11-20)14-8-7-13(9-15(14)19)23-18(4,5)6/h7-9,12H,10-11H2,1-6H3. The molecule has 1 aromatic carbocycles. The van der Waals surface area contributed by atoms with Gasteiger partial charge in [0, 0.05) is 33.7 Å². The Labute approximate surface area is 148 Å². The minimum atomic E-state index is -0.453. The van der Waals surface area contributed by atoms with Crippen LogP contribution in [-0.2, 0) is 4.74 Å². The second-order valence-electron chi connectivity index (χ2n) is 7.98. The average Bonchev–Trinajstić information content (AvgIpc) is 2.25. The van der Waals surface area contributed by atoms with Crippen LogP contribution in [0.3, 0.4) is 0 Å². The van der Waals surface area contributed by atoms with Crippen molar-refractivity contribution in [3.05, 3.63) is 28.8 Å². The van der Waals surface area contributed by atoms with Crippen LogP contribution in [0.25, 0.3) is 0 Å². The highest BCUT2D eigenvalue weighted by atomic mass is 35.5. The van der Waals surface area contributed by atoms with E-state index in [0.29, 0.717) is 19.0 Å². The molecule has 1 fully saturated rings. The molecule has 0 N–H and O–H groups in total. The number of hydrogen-bond acceptors (Lipinski definition) is 3. The van der Waals surface area contributed by atoms with E-state index >= 15 is 0 Å². The molecule has 1 aliphatic rings. The van der Waals surface area contributed by atoms with Gasteiger partial charge in [-0.2, -0.15) is 0 Å². The lowest BCUT2D eigenvalue weighted by Gasteiger charge is -2.40. The van der Waals surface area contributed by atoms with Gasteiger partial charge in [-0.3, -0.25) is 0 Å². The van der Waals surface area contributed by atoms with Gasteiger partial charge in [-0.1, -0.05) is 38.4 Å². The van der Waals surface area contributed by atoms with Crippen molar-refractivity contribution in [2.24, 2.45) is 0 Å². The van der Waals surface area contributed by atoms with Crippen LogP contribution in [-0.4, -0.2) is 34.4 Å². The first kappa shape index (κ1) is 18.5. The third kappa shape index (κ3) is 5.32. The van der Waals surface area contributed by atoms with Crippen LogP contribution < -0.4 is 0 Å². The number of amides is 1. The summed E-state index contributed by atoms with van der Waals surface area (Å²) in [5.41, 5.74) is 0.663. The Morgan fingerprint density at radius 3 is 2.30 bits per heavy atom. The lowest BCUT2D eigenvalue weighted by molar-refractivity contribution is 0.00819. The van der Waals surface area contributed by atoms with Crippen molar-refractivity contribution in [2.75, 3.05) is 13.1 Å². The van der Waals surface area contributed by atoms with Crippen molar-refractivity contribution < 1.29 is 9.53 Å². The number of carbonyl (C=O) groups excluding carboxylic acids is 1. The molecule has 0 radical (unpaired) electrons. The number of benzene rings is 1. The second kappa shape index (κ2) is 6.56. The molecule has 0 aliphatic carbocycles. The summed E-state index contributed by atoms with van der Waals surface area (Å²) in [5.74, 6) is 0.295. The monoisotopic (exact) mass is 355 g/mol. The lowest BCUT2D eigenvalue weighted by atomic mass is 9.92. The number of rotatable bonds is 2. The highest BCUT2D eigenvalue weighted by molar-refractivity contribution is 8.00. The summed E-state index contributed by atoms with van der Waals surface area (Å²) < 4.78 is 5.54. The predicted octanol–water partition coefficient (Wildman–Crippen LogP) is 5.56. The molecular formula is C18H26ClNO2S. The predicted molar refractivity (Wildman–Crippen MR) is 97.6 cm³/mol. The molecule has 1 aliphatic heterocycles. The van der Waals surface area contributed by atoms with E-state index in [9.17, 15) is 4.79 Å². The van der Waals surface area contributed by atoms with Crippen molar-refractivity contribution in [1.82, 2.24) is 4.90 Å². The minimum Gasteiger partial charge on any atom is -0.444 e. The molecule has 2 rings (SSSR count). The minimum absolute atomic E-state index is 0.162. The smallest absolute Gasteiger partial charge is 0.410 e. The fourth-order valence-corrected chi connectivity index (χ4v) is 3.83. The van der Waals surface area contributed by atoms with E-state index in [2.05, 4.69) is 32.9 Å². The third-order valence-electron chi connectivity index (χ3n) is 3.37. The molecule has 128 valence electrons. The van der Waals surface area contributed by atoms with E-state index in [4.69, 9.17) is 16.3 Å². The molecule has 3 nitrogen and oxygen atoms in total. The lowest BCUT2D eigenvalue weighted by Crippen LogP contribution is -2.50. The fraction of sp³-hybridized carbons (Fsp3) is 0.611. The first-order valence-electron chi connectivity index (χ1n) is 7.91. The Bertz CT molecular complexity index is 584. The molecule has 0 atom stereocenters. The summed E-state index contributed by atoms with van der Waals surface area (Å²) in [6.07, 6.45) is -0.246. The van der Waals surface area contributed by atoms with Crippen LogP contribution >= 0.6 is 23.4 Å². The zero-order valence-electron chi connectivity index (χ0n) is 14.8. The van der Waals surface area contributed by atoms with Crippen molar-refractivity contribution >= 4 is 29.5 Å². The largest absolute Gasteiger partial charge is 0.444 e. The molecule has 0 unspecified atom stereocenters. The van der Waals surface area contributed by atoms with Crippen molar-refractivity contribution in [2.45, 2.75) is 62.7 Å². The van der Waals surface area contributed by atoms with Gasteiger partial charge in [0.15, 0.2) is 0 Å². The van der Waals surface area contributed by atoms with E-state index in [-0.39, 0.29) is 10.8 Å². The number of nitrogens with zero attached hydrogens (tertiary/aromatic N) is 1. The number of carbonyl (C=O) groups is 1. The normalized spacial score (nSPS) is 16.2. The van der Waals surface area contributed by atoms with Gasteiger partial charge in [0.1, 0.15) is 5.60 Å². The fourth-order valence-electron chi connectivity index (χ4n) is 2.41. The maximum atomic E-state index is 12.0.